The van der Waals surface area contributed by atoms with Crippen LogP contribution in [0.5, 0.6) is 0 Å². The van der Waals surface area contributed by atoms with E-state index in [1.54, 1.807) is 12.1 Å². The van der Waals surface area contributed by atoms with Crippen LogP contribution >= 0.6 is 0 Å². The Morgan fingerprint density at radius 3 is 0.981 bits per heavy atom. The Morgan fingerprint density at radius 2 is 0.692 bits per heavy atom. The number of hydrogen-bond donors (Lipinski definition) is 3. The third kappa shape index (κ3) is 5.91. The molecule has 4 aromatic carbocycles. The van der Waals surface area contributed by atoms with E-state index in [0.29, 0.717) is 0 Å². The van der Waals surface area contributed by atoms with Gasteiger partial charge in [0.2, 0.25) is 0 Å². The molecule has 8 bridgehead atoms. The molecule has 0 unspecified atom stereocenters. The van der Waals surface area contributed by atoms with Crippen LogP contribution in [0.2, 0.25) is 0 Å². The van der Waals surface area contributed by atoms with Crippen LogP contribution in [-0.4, -0.2) is 31.0 Å². The zero-order chi connectivity index (χ0) is 34.3. The monoisotopic (exact) mass is 722 g/mol. The summed E-state index contributed by atoms with van der Waals surface area (Å²) < 4.78 is 0. The van der Waals surface area contributed by atoms with Gasteiger partial charge in [-0.25, -0.2) is 14.8 Å². The SMILES string of the molecule is O=C(O)c1ccc(-c2c3nc(c(-c4ccccc4)c4ccc([nH]4)c(-c4ccccc4)c4nc(c(-c5ccccc5)c5ccc2[nH]5)C=C4)C=C3)cc1.[Zn]. The summed E-state index contributed by atoms with van der Waals surface area (Å²) in [5.74, 6) is -0.968. The zero-order valence-corrected chi connectivity index (χ0v) is 31.0. The van der Waals surface area contributed by atoms with Gasteiger partial charge in [-0.1, -0.05) is 103 Å². The molecule has 2 aliphatic heterocycles. The van der Waals surface area contributed by atoms with Crippen LogP contribution in [0.1, 0.15) is 33.1 Å². The molecule has 0 amide bonds. The molecule has 0 atom stereocenters. The molecule has 5 heterocycles. The van der Waals surface area contributed by atoms with Crippen LogP contribution in [0, 0.1) is 0 Å². The van der Waals surface area contributed by atoms with Crippen LogP contribution in [0.3, 0.4) is 0 Å². The third-order valence-corrected chi connectivity index (χ3v) is 9.36. The van der Waals surface area contributed by atoms with Gasteiger partial charge in [0, 0.05) is 63.8 Å². The Labute approximate surface area is 312 Å². The van der Waals surface area contributed by atoms with Crippen LogP contribution < -0.4 is 0 Å². The normalized spacial score (nSPS) is 11.7. The van der Waals surface area contributed by atoms with E-state index in [2.05, 4.69) is 101 Å². The average molecular weight is 724 g/mol. The quantitative estimate of drug-likeness (QED) is 0.154. The molecule has 0 saturated carbocycles. The van der Waals surface area contributed by atoms with E-state index in [9.17, 15) is 9.90 Å². The number of nitrogens with zero attached hydrogens (tertiary/aromatic N) is 2. The molecule has 0 radical (unpaired) electrons. The van der Waals surface area contributed by atoms with Gasteiger partial charge < -0.3 is 15.1 Å². The molecule has 6 nitrogen and oxygen atoms in total. The summed E-state index contributed by atoms with van der Waals surface area (Å²) in [7, 11) is 0. The minimum Gasteiger partial charge on any atom is -0.478 e. The molecule has 3 N–H and O–H groups in total. The summed E-state index contributed by atoms with van der Waals surface area (Å²) in [6.45, 7) is 0. The number of carboxylic acids is 1. The largest absolute Gasteiger partial charge is 0.478 e. The third-order valence-electron chi connectivity index (χ3n) is 9.36. The maximum Gasteiger partial charge on any atom is 0.335 e. The number of rotatable bonds is 5. The van der Waals surface area contributed by atoms with Gasteiger partial charge in [-0.15, -0.1) is 0 Å². The fourth-order valence-electron chi connectivity index (χ4n) is 7.01. The van der Waals surface area contributed by atoms with Gasteiger partial charge in [-0.3, -0.25) is 0 Å². The van der Waals surface area contributed by atoms with Crippen molar-refractivity contribution in [1.82, 2.24) is 19.9 Å². The predicted molar refractivity (Wildman–Crippen MR) is 208 cm³/mol. The van der Waals surface area contributed by atoms with Crippen molar-refractivity contribution in [2.24, 2.45) is 0 Å². The maximum absolute atomic E-state index is 11.8. The van der Waals surface area contributed by atoms with Gasteiger partial charge in [-0.05, 0) is 83.0 Å². The van der Waals surface area contributed by atoms with Crippen LogP contribution in [-0.2, 0) is 19.5 Å². The summed E-state index contributed by atoms with van der Waals surface area (Å²) >= 11 is 0. The zero-order valence-electron chi connectivity index (χ0n) is 28.0. The van der Waals surface area contributed by atoms with Crippen molar-refractivity contribution in [3.05, 3.63) is 168 Å². The van der Waals surface area contributed by atoms with Gasteiger partial charge in [0.25, 0.3) is 0 Å². The molecular formula is C45H30N4O2Zn. The number of aromatic amines is 2. The van der Waals surface area contributed by atoms with Crippen molar-refractivity contribution < 1.29 is 29.4 Å². The van der Waals surface area contributed by atoms with Crippen LogP contribution in [0.25, 0.3) is 90.9 Å². The number of aromatic carboxylic acids is 1. The molecule has 0 aliphatic carbocycles. The summed E-state index contributed by atoms with van der Waals surface area (Å²) in [5, 5.41) is 9.64. The average Bonchev–Trinajstić information content (AvgIpc) is 4.01. The van der Waals surface area contributed by atoms with Crippen molar-refractivity contribution >= 4 is 52.3 Å². The Kier molecular flexibility index (Phi) is 8.64. The molecule has 244 valence electrons. The Bertz CT molecular complexity index is 2660. The molecule has 7 aromatic rings. The minimum atomic E-state index is -0.968. The fourth-order valence-corrected chi connectivity index (χ4v) is 7.01. The number of carbonyl (C=O) groups is 1. The first-order valence-corrected chi connectivity index (χ1v) is 16.8. The minimum absolute atomic E-state index is 0. The van der Waals surface area contributed by atoms with Gasteiger partial charge >= 0.3 is 5.97 Å². The van der Waals surface area contributed by atoms with Crippen molar-refractivity contribution in [3.63, 3.8) is 0 Å². The number of fused-ring (bicyclic) bond motifs is 8. The molecule has 0 fully saturated rings. The van der Waals surface area contributed by atoms with Crippen molar-refractivity contribution in [2.45, 2.75) is 0 Å². The van der Waals surface area contributed by atoms with E-state index >= 15 is 0 Å². The van der Waals surface area contributed by atoms with Gasteiger partial charge in [0.05, 0.1) is 28.3 Å². The second kappa shape index (κ2) is 13.7. The maximum atomic E-state index is 11.8. The first-order valence-electron chi connectivity index (χ1n) is 16.8. The van der Waals surface area contributed by atoms with E-state index in [4.69, 9.17) is 9.97 Å². The Morgan fingerprint density at radius 1 is 0.404 bits per heavy atom. The number of H-pyrrole nitrogens is 2. The number of hydrogen-bond acceptors (Lipinski definition) is 3. The molecular weight excluding hydrogens is 694 g/mol. The molecule has 3 aromatic heterocycles. The molecule has 2 aliphatic rings. The summed E-state index contributed by atoms with van der Waals surface area (Å²) in [6.07, 6.45) is 8.27. The number of carboxylic acid groups (broad SMARTS) is 1. The molecule has 0 spiro atoms. The smallest absolute Gasteiger partial charge is 0.335 e. The molecule has 0 saturated heterocycles. The summed E-state index contributed by atoms with van der Waals surface area (Å²) in [6, 6.07) is 46.3. The summed E-state index contributed by atoms with van der Waals surface area (Å²) in [4.78, 5) is 29.9. The van der Waals surface area contributed by atoms with Crippen LogP contribution in [0.15, 0.2) is 140 Å². The first kappa shape index (κ1) is 32.8. The van der Waals surface area contributed by atoms with E-state index in [1.165, 1.54) is 0 Å². The van der Waals surface area contributed by atoms with Gasteiger partial charge in [0.15, 0.2) is 0 Å². The standard InChI is InChI=1S/C45H30N4O2.Zn/c50-45(51)32-18-16-31(17-19-32)44-39-26-24-37(48-39)42(29-12-6-2-7-13-29)35-22-20-33(46-35)41(28-10-4-1-5-11-28)34-21-23-36(47-34)43(30-14-8-3-9-15-30)38-25-27-40(44)49-38;/h1-27,46,49H,(H,50,51);. The van der Waals surface area contributed by atoms with Gasteiger partial charge in [-0.2, -0.15) is 0 Å². The number of aromatic nitrogens is 4. The van der Waals surface area contributed by atoms with Crippen LogP contribution in [0.4, 0.5) is 0 Å². The van der Waals surface area contributed by atoms with Gasteiger partial charge in [0.1, 0.15) is 0 Å². The first-order chi connectivity index (χ1) is 25.1. The molecule has 52 heavy (non-hydrogen) atoms. The van der Waals surface area contributed by atoms with Crippen molar-refractivity contribution in [2.75, 3.05) is 0 Å². The second-order valence-corrected chi connectivity index (χ2v) is 12.5. The van der Waals surface area contributed by atoms with E-state index < -0.39 is 5.97 Å². The van der Waals surface area contributed by atoms with E-state index in [0.717, 1.165) is 89.4 Å². The second-order valence-electron chi connectivity index (χ2n) is 12.5. The van der Waals surface area contributed by atoms with E-state index in [-0.39, 0.29) is 25.0 Å². The van der Waals surface area contributed by atoms with E-state index in [1.807, 2.05) is 60.7 Å². The molecule has 7 heteroatoms. The number of benzene rings is 4. The predicted octanol–water partition coefficient (Wildman–Crippen LogP) is 11.0. The van der Waals surface area contributed by atoms with Crippen molar-refractivity contribution in [1.29, 1.82) is 0 Å². The topological polar surface area (TPSA) is 94.7 Å². The number of nitrogens with one attached hydrogen (secondary N) is 2. The Balaban J connectivity index is 0.00000387. The Hall–Kier alpha value is -6.43. The molecule has 9 rings (SSSR count). The van der Waals surface area contributed by atoms with Crippen molar-refractivity contribution in [3.8, 4) is 44.5 Å². The summed E-state index contributed by atoms with van der Waals surface area (Å²) in [5.41, 5.74) is 14.9. The fraction of sp³-hybridized carbons (Fsp3) is 0.